The van der Waals surface area contributed by atoms with Crippen LogP contribution in [0.5, 0.6) is 0 Å². The van der Waals surface area contributed by atoms with E-state index in [9.17, 15) is 27.5 Å². The number of carbonyl (C=O) groups excluding carboxylic acids is 1. The van der Waals surface area contributed by atoms with Gasteiger partial charge in [0.05, 0.1) is 30.2 Å². The van der Waals surface area contributed by atoms with E-state index >= 15 is 0 Å². The molecule has 3 aromatic rings. The minimum Gasteiger partial charge on any atom is -0.374 e. The van der Waals surface area contributed by atoms with Crippen LogP contribution in [0, 0.1) is 5.82 Å². The van der Waals surface area contributed by atoms with Crippen LogP contribution >= 0.6 is 0 Å². The number of aryl methyl sites for hydroxylation is 1. The van der Waals surface area contributed by atoms with E-state index in [1.807, 2.05) is 0 Å². The summed E-state index contributed by atoms with van der Waals surface area (Å²) in [5.41, 5.74) is -1.30. The predicted octanol–water partition coefficient (Wildman–Crippen LogP) is 3.41. The Kier molecular flexibility index (Phi) is 5.11. The van der Waals surface area contributed by atoms with Gasteiger partial charge in [-0.1, -0.05) is 0 Å². The number of fused-ring (bicyclic) bond motifs is 1. The van der Waals surface area contributed by atoms with Crippen molar-refractivity contribution in [3.63, 3.8) is 0 Å². The van der Waals surface area contributed by atoms with Crippen molar-refractivity contribution in [2.75, 3.05) is 6.54 Å². The topological polar surface area (TPSA) is 76.2 Å². The van der Waals surface area contributed by atoms with Crippen LogP contribution in [-0.4, -0.2) is 48.0 Å². The van der Waals surface area contributed by atoms with E-state index in [-0.39, 0.29) is 30.5 Å². The number of imidazole rings is 1. The third-order valence-electron chi connectivity index (χ3n) is 5.67. The van der Waals surface area contributed by atoms with Crippen LogP contribution < -0.4 is 0 Å². The Morgan fingerprint density at radius 1 is 1.22 bits per heavy atom. The average Bonchev–Trinajstić information content (AvgIpc) is 3.31. The first-order valence-corrected chi connectivity index (χ1v) is 9.85. The second-order valence-corrected chi connectivity index (χ2v) is 8.09. The first-order chi connectivity index (χ1) is 14.9. The summed E-state index contributed by atoms with van der Waals surface area (Å²) in [4.78, 5) is 18.5. The van der Waals surface area contributed by atoms with Crippen LogP contribution in [0.1, 0.15) is 41.9 Å². The molecule has 1 aliphatic heterocycles. The number of halogens is 4. The molecule has 1 amide bonds. The Bertz CT molecular complexity index is 1160. The largest absolute Gasteiger partial charge is 0.424 e. The highest BCUT2D eigenvalue weighted by Gasteiger charge is 2.55. The first kappa shape index (κ1) is 22.0. The molecule has 1 N–H and O–H groups in total. The lowest BCUT2D eigenvalue weighted by Crippen LogP contribution is -2.45. The van der Waals surface area contributed by atoms with E-state index in [2.05, 4.69) is 10.1 Å². The molecule has 0 saturated heterocycles. The van der Waals surface area contributed by atoms with Gasteiger partial charge < -0.3 is 14.6 Å². The third kappa shape index (κ3) is 3.56. The van der Waals surface area contributed by atoms with Crippen LogP contribution in [-0.2, 0) is 19.2 Å². The van der Waals surface area contributed by atoms with Gasteiger partial charge in [-0.25, -0.2) is 9.37 Å². The summed E-state index contributed by atoms with van der Waals surface area (Å²) in [6, 6.07) is 6.76. The summed E-state index contributed by atoms with van der Waals surface area (Å²) in [5, 5.41) is 14.4. The second-order valence-electron chi connectivity index (χ2n) is 8.09. The van der Waals surface area contributed by atoms with Crippen molar-refractivity contribution in [2.24, 2.45) is 7.05 Å². The maximum absolute atomic E-state index is 13.3. The highest BCUT2D eigenvalue weighted by Crippen LogP contribution is 2.40. The fourth-order valence-electron chi connectivity index (χ4n) is 3.90. The van der Waals surface area contributed by atoms with Crippen molar-refractivity contribution >= 4 is 5.91 Å². The zero-order valence-electron chi connectivity index (χ0n) is 17.6. The molecule has 0 aliphatic carbocycles. The molecule has 1 aromatic carbocycles. The van der Waals surface area contributed by atoms with Crippen molar-refractivity contribution < 1.29 is 27.5 Å². The van der Waals surface area contributed by atoms with E-state index in [1.165, 1.54) is 32.5 Å². The van der Waals surface area contributed by atoms with Gasteiger partial charge in [-0.3, -0.25) is 9.48 Å². The van der Waals surface area contributed by atoms with Crippen molar-refractivity contribution in [3.05, 3.63) is 59.6 Å². The molecule has 3 heterocycles. The van der Waals surface area contributed by atoms with Crippen LogP contribution in [0.4, 0.5) is 17.6 Å². The highest BCUT2D eigenvalue weighted by molar-refractivity contribution is 5.93. The van der Waals surface area contributed by atoms with Gasteiger partial charge in [0.15, 0.2) is 5.82 Å². The summed E-state index contributed by atoms with van der Waals surface area (Å²) in [6.45, 7) is 2.48. The van der Waals surface area contributed by atoms with Crippen LogP contribution in [0.15, 0.2) is 36.5 Å². The Morgan fingerprint density at radius 2 is 1.88 bits per heavy atom. The minimum absolute atomic E-state index is 0.0289. The maximum atomic E-state index is 13.3. The molecule has 0 radical (unpaired) electrons. The molecule has 4 rings (SSSR count). The number of carbonyl (C=O) groups is 1. The monoisotopic (exact) mass is 451 g/mol. The summed E-state index contributed by atoms with van der Waals surface area (Å²) in [7, 11) is 1.61. The van der Waals surface area contributed by atoms with E-state index < -0.39 is 23.6 Å². The van der Waals surface area contributed by atoms with Gasteiger partial charge in [-0.15, -0.1) is 0 Å². The lowest BCUT2D eigenvalue weighted by molar-refractivity contribution is -0.263. The van der Waals surface area contributed by atoms with Gasteiger partial charge >= 0.3 is 6.18 Å². The molecular weight excluding hydrogens is 430 g/mol. The fraction of sp³-hybridized carbons (Fsp3) is 0.381. The Hall–Kier alpha value is -3.21. The van der Waals surface area contributed by atoms with Crippen molar-refractivity contribution in [1.82, 2.24) is 24.2 Å². The molecule has 2 atom stereocenters. The van der Waals surface area contributed by atoms with E-state index in [4.69, 9.17) is 0 Å². The zero-order chi connectivity index (χ0) is 23.4. The molecule has 2 unspecified atom stereocenters. The zero-order valence-corrected chi connectivity index (χ0v) is 17.6. The smallest absolute Gasteiger partial charge is 0.374 e. The van der Waals surface area contributed by atoms with Crippen molar-refractivity contribution in [3.8, 4) is 11.3 Å². The Labute approximate surface area is 180 Å². The Morgan fingerprint density at radius 3 is 2.50 bits per heavy atom. The molecule has 7 nitrogen and oxygen atoms in total. The van der Waals surface area contributed by atoms with Gasteiger partial charge in [-0.05, 0) is 44.2 Å². The summed E-state index contributed by atoms with van der Waals surface area (Å²) >= 11 is 0. The van der Waals surface area contributed by atoms with E-state index in [0.29, 0.717) is 23.9 Å². The number of amides is 1. The molecular formula is C21H21F4N5O2. The molecule has 1 aliphatic rings. The van der Waals surface area contributed by atoms with Gasteiger partial charge in [0.1, 0.15) is 11.5 Å². The fourth-order valence-corrected chi connectivity index (χ4v) is 3.90. The summed E-state index contributed by atoms with van der Waals surface area (Å²) < 4.78 is 55.9. The van der Waals surface area contributed by atoms with Crippen LogP contribution in [0.2, 0.25) is 0 Å². The molecule has 0 saturated carbocycles. The van der Waals surface area contributed by atoms with Crippen molar-refractivity contribution in [1.29, 1.82) is 0 Å². The second kappa shape index (κ2) is 7.44. The minimum atomic E-state index is -4.90. The summed E-state index contributed by atoms with van der Waals surface area (Å²) in [5.74, 6) is -1.24. The molecule has 170 valence electrons. The number of aliphatic hydroxyl groups is 1. The number of nitrogens with zero attached hydrogens (tertiary/aromatic N) is 5. The third-order valence-corrected chi connectivity index (χ3v) is 5.67. The quantitative estimate of drug-likeness (QED) is 0.620. The Balaban J connectivity index is 1.62. The lowest BCUT2D eigenvalue weighted by Gasteiger charge is -2.36. The number of hydrogen-bond donors (Lipinski definition) is 1. The highest BCUT2D eigenvalue weighted by atomic mass is 19.4. The maximum Gasteiger partial charge on any atom is 0.424 e. The van der Waals surface area contributed by atoms with E-state index in [0.717, 1.165) is 0 Å². The van der Waals surface area contributed by atoms with Crippen LogP contribution in [0.25, 0.3) is 11.3 Å². The molecule has 32 heavy (non-hydrogen) atoms. The molecule has 0 spiro atoms. The lowest BCUT2D eigenvalue weighted by atomic mass is 10.0. The van der Waals surface area contributed by atoms with E-state index in [1.54, 1.807) is 32.2 Å². The number of rotatable bonds is 3. The number of alkyl halides is 3. The number of hydrogen-bond acceptors (Lipinski definition) is 4. The van der Waals surface area contributed by atoms with Crippen LogP contribution in [0.3, 0.4) is 0 Å². The molecule has 11 heteroatoms. The summed E-state index contributed by atoms with van der Waals surface area (Å²) in [6.07, 6.45) is -3.65. The van der Waals surface area contributed by atoms with Gasteiger partial charge in [-0.2, -0.15) is 18.3 Å². The van der Waals surface area contributed by atoms with Gasteiger partial charge in [0.2, 0.25) is 5.60 Å². The standard InChI is InChI=1S/C21H21F4N5O2/c1-12-10-29(11-15-9-26-19(30(12)15)20(2,32)21(23,24)25)18(31)17-8-16(27-28(17)3)13-4-6-14(22)7-5-13/h4-9,12,32H,10-11H2,1-3H3. The predicted molar refractivity (Wildman–Crippen MR) is 106 cm³/mol. The van der Waals surface area contributed by atoms with Gasteiger partial charge in [0.25, 0.3) is 5.91 Å². The molecule has 0 bridgehead atoms. The average molecular weight is 451 g/mol. The first-order valence-electron chi connectivity index (χ1n) is 9.85. The number of aromatic nitrogens is 4. The number of benzene rings is 1. The van der Waals surface area contributed by atoms with Crippen molar-refractivity contribution in [2.45, 2.75) is 38.2 Å². The SMILES string of the molecule is CC1CN(C(=O)c2cc(-c3ccc(F)cc3)nn2C)Cc2cnc(C(C)(O)C(F)(F)F)n21. The molecule has 0 fully saturated rings. The van der Waals surface area contributed by atoms with Gasteiger partial charge in [0, 0.05) is 19.2 Å². The normalized spacial score (nSPS) is 18.4. The molecule has 2 aromatic heterocycles.